The maximum atomic E-state index is 3.98. The van der Waals surface area contributed by atoms with Gasteiger partial charge >= 0.3 is 0 Å². The van der Waals surface area contributed by atoms with Gasteiger partial charge in [0.05, 0.1) is 5.69 Å². The average Bonchev–Trinajstić information content (AvgIpc) is 3.08. The number of likely N-dealkylation sites (tertiary alicyclic amines) is 1. The number of H-pyrrole nitrogens is 1. The number of likely N-dealkylation sites (N-methyl/N-ethyl adjacent to an activating group) is 1. The molecular formula is C16H22N4. The lowest BCUT2D eigenvalue weighted by molar-refractivity contribution is 0.326. The summed E-state index contributed by atoms with van der Waals surface area (Å²) < 4.78 is 0. The van der Waals surface area contributed by atoms with Crippen molar-refractivity contribution in [1.82, 2.24) is 20.4 Å². The van der Waals surface area contributed by atoms with Gasteiger partial charge in [-0.2, -0.15) is 5.10 Å². The molecule has 4 heteroatoms. The van der Waals surface area contributed by atoms with E-state index in [1.54, 1.807) is 6.20 Å². The Morgan fingerprint density at radius 1 is 1.30 bits per heavy atom. The maximum absolute atomic E-state index is 3.98. The van der Waals surface area contributed by atoms with Crippen molar-refractivity contribution < 1.29 is 0 Å². The SMILES string of the molecule is CC1CC(NCc2ccc(-c3ccn[nH]3)cc2)CN1C. The Kier molecular flexibility index (Phi) is 3.85. The van der Waals surface area contributed by atoms with Gasteiger partial charge in [0, 0.05) is 31.4 Å². The first-order chi connectivity index (χ1) is 9.72. The van der Waals surface area contributed by atoms with E-state index in [2.05, 4.69) is 58.7 Å². The second-order valence-corrected chi connectivity index (χ2v) is 5.77. The summed E-state index contributed by atoms with van der Waals surface area (Å²) in [6, 6.07) is 12.0. The summed E-state index contributed by atoms with van der Waals surface area (Å²) in [5.74, 6) is 0. The van der Waals surface area contributed by atoms with Gasteiger partial charge in [-0.3, -0.25) is 5.10 Å². The van der Waals surface area contributed by atoms with Gasteiger partial charge in [-0.15, -0.1) is 0 Å². The molecule has 2 aromatic rings. The highest BCUT2D eigenvalue weighted by Gasteiger charge is 2.25. The Bertz CT molecular complexity index is 522. The van der Waals surface area contributed by atoms with E-state index in [1.165, 1.54) is 17.5 Å². The predicted molar refractivity (Wildman–Crippen MR) is 81.4 cm³/mol. The smallest absolute Gasteiger partial charge is 0.0650 e. The standard InChI is InChI=1S/C16H22N4/c1-12-9-15(11-20(12)2)17-10-13-3-5-14(6-4-13)16-7-8-18-19-16/h3-8,12,15,17H,9-11H2,1-2H3,(H,18,19). The number of benzene rings is 1. The van der Waals surface area contributed by atoms with Crippen LogP contribution in [0.25, 0.3) is 11.3 Å². The summed E-state index contributed by atoms with van der Waals surface area (Å²) in [5.41, 5.74) is 3.58. The average molecular weight is 270 g/mol. The first kappa shape index (κ1) is 13.3. The van der Waals surface area contributed by atoms with Crippen molar-refractivity contribution in [2.45, 2.75) is 32.0 Å². The second kappa shape index (κ2) is 5.77. The summed E-state index contributed by atoms with van der Waals surface area (Å²) in [5, 5.41) is 10.6. The molecule has 2 N–H and O–H groups in total. The van der Waals surface area contributed by atoms with E-state index in [0.717, 1.165) is 18.8 Å². The number of hydrogen-bond donors (Lipinski definition) is 2. The third kappa shape index (κ3) is 2.92. The molecule has 1 aliphatic rings. The van der Waals surface area contributed by atoms with E-state index in [1.807, 2.05) is 6.07 Å². The molecule has 0 amide bonds. The fraction of sp³-hybridized carbons (Fsp3) is 0.438. The summed E-state index contributed by atoms with van der Waals surface area (Å²) in [7, 11) is 2.20. The third-order valence-electron chi connectivity index (χ3n) is 4.25. The first-order valence-electron chi connectivity index (χ1n) is 7.24. The van der Waals surface area contributed by atoms with Gasteiger partial charge in [0.25, 0.3) is 0 Å². The zero-order valence-electron chi connectivity index (χ0n) is 12.1. The van der Waals surface area contributed by atoms with Gasteiger partial charge in [-0.25, -0.2) is 0 Å². The van der Waals surface area contributed by atoms with Crippen LogP contribution in [0.3, 0.4) is 0 Å². The second-order valence-electron chi connectivity index (χ2n) is 5.77. The molecule has 0 aliphatic carbocycles. The van der Waals surface area contributed by atoms with Crippen LogP contribution in [0.1, 0.15) is 18.9 Å². The van der Waals surface area contributed by atoms with Crippen molar-refractivity contribution in [2.24, 2.45) is 0 Å². The largest absolute Gasteiger partial charge is 0.309 e. The van der Waals surface area contributed by atoms with E-state index < -0.39 is 0 Å². The number of aromatic amines is 1. The van der Waals surface area contributed by atoms with Crippen LogP contribution >= 0.6 is 0 Å². The van der Waals surface area contributed by atoms with Crippen LogP contribution in [0.5, 0.6) is 0 Å². The maximum Gasteiger partial charge on any atom is 0.0650 e. The van der Waals surface area contributed by atoms with Gasteiger partial charge in [0.15, 0.2) is 0 Å². The van der Waals surface area contributed by atoms with Crippen molar-refractivity contribution in [3.8, 4) is 11.3 Å². The van der Waals surface area contributed by atoms with Crippen LogP contribution in [-0.2, 0) is 6.54 Å². The molecular weight excluding hydrogens is 248 g/mol. The highest BCUT2D eigenvalue weighted by molar-refractivity contribution is 5.58. The van der Waals surface area contributed by atoms with Crippen LogP contribution in [0.2, 0.25) is 0 Å². The fourth-order valence-electron chi connectivity index (χ4n) is 2.82. The Labute approximate surface area is 120 Å². The Morgan fingerprint density at radius 2 is 2.10 bits per heavy atom. The van der Waals surface area contributed by atoms with E-state index in [4.69, 9.17) is 0 Å². The van der Waals surface area contributed by atoms with Crippen molar-refractivity contribution in [1.29, 1.82) is 0 Å². The molecule has 2 atom stereocenters. The molecule has 1 fully saturated rings. The normalized spacial score (nSPS) is 23.3. The fourth-order valence-corrected chi connectivity index (χ4v) is 2.82. The molecule has 1 aromatic heterocycles. The zero-order chi connectivity index (χ0) is 13.9. The predicted octanol–water partition coefficient (Wildman–Crippen LogP) is 2.26. The molecule has 0 spiro atoms. The highest BCUT2D eigenvalue weighted by atomic mass is 15.2. The molecule has 2 heterocycles. The molecule has 1 aromatic carbocycles. The number of aromatic nitrogens is 2. The highest BCUT2D eigenvalue weighted by Crippen LogP contribution is 2.18. The molecule has 0 saturated carbocycles. The van der Waals surface area contributed by atoms with Crippen molar-refractivity contribution in [3.63, 3.8) is 0 Å². The lowest BCUT2D eigenvalue weighted by Crippen LogP contribution is -2.31. The summed E-state index contributed by atoms with van der Waals surface area (Å²) in [4.78, 5) is 2.42. The summed E-state index contributed by atoms with van der Waals surface area (Å²) >= 11 is 0. The lowest BCUT2D eigenvalue weighted by Gasteiger charge is -2.13. The number of nitrogens with zero attached hydrogens (tertiary/aromatic N) is 2. The van der Waals surface area contributed by atoms with Crippen LogP contribution in [0, 0.1) is 0 Å². The molecule has 2 unspecified atom stereocenters. The van der Waals surface area contributed by atoms with E-state index in [9.17, 15) is 0 Å². The number of nitrogens with one attached hydrogen (secondary N) is 2. The summed E-state index contributed by atoms with van der Waals surface area (Å²) in [6.45, 7) is 4.38. The van der Waals surface area contributed by atoms with Crippen molar-refractivity contribution >= 4 is 0 Å². The Hall–Kier alpha value is -1.65. The molecule has 0 bridgehead atoms. The van der Waals surface area contributed by atoms with E-state index in [0.29, 0.717) is 12.1 Å². The van der Waals surface area contributed by atoms with E-state index in [-0.39, 0.29) is 0 Å². The quantitative estimate of drug-likeness (QED) is 0.895. The zero-order valence-corrected chi connectivity index (χ0v) is 12.1. The monoisotopic (exact) mass is 270 g/mol. The Morgan fingerprint density at radius 3 is 2.70 bits per heavy atom. The van der Waals surface area contributed by atoms with Gasteiger partial charge in [0.1, 0.15) is 0 Å². The minimum Gasteiger partial charge on any atom is -0.309 e. The molecule has 1 aliphatic heterocycles. The first-order valence-corrected chi connectivity index (χ1v) is 7.24. The van der Waals surface area contributed by atoms with Crippen LogP contribution < -0.4 is 5.32 Å². The third-order valence-corrected chi connectivity index (χ3v) is 4.25. The lowest BCUT2D eigenvalue weighted by atomic mass is 10.1. The topological polar surface area (TPSA) is 44.0 Å². The van der Waals surface area contributed by atoms with Crippen LogP contribution in [-0.4, -0.2) is 40.8 Å². The molecule has 4 nitrogen and oxygen atoms in total. The molecule has 0 radical (unpaired) electrons. The van der Waals surface area contributed by atoms with Crippen molar-refractivity contribution in [2.75, 3.05) is 13.6 Å². The number of rotatable bonds is 4. The van der Waals surface area contributed by atoms with Gasteiger partial charge in [-0.05, 0) is 37.6 Å². The number of hydrogen-bond acceptors (Lipinski definition) is 3. The molecule has 1 saturated heterocycles. The van der Waals surface area contributed by atoms with Crippen LogP contribution in [0.15, 0.2) is 36.5 Å². The Balaban J connectivity index is 1.56. The minimum atomic E-state index is 0.613. The molecule has 3 rings (SSSR count). The van der Waals surface area contributed by atoms with Gasteiger partial charge in [-0.1, -0.05) is 24.3 Å². The van der Waals surface area contributed by atoms with Gasteiger partial charge in [0.2, 0.25) is 0 Å². The molecule has 20 heavy (non-hydrogen) atoms. The van der Waals surface area contributed by atoms with Gasteiger partial charge < -0.3 is 10.2 Å². The van der Waals surface area contributed by atoms with Crippen molar-refractivity contribution in [3.05, 3.63) is 42.1 Å². The van der Waals surface area contributed by atoms with Crippen LogP contribution in [0.4, 0.5) is 0 Å². The van der Waals surface area contributed by atoms with E-state index >= 15 is 0 Å². The molecule has 106 valence electrons. The summed E-state index contributed by atoms with van der Waals surface area (Å²) in [6.07, 6.45) is 3.02. The minimum absolute atomic E-state index is 0.613.